The first kappa shape index (κ1) is 23.0. The predicted octanol–water partition coefficient (Wildman–Crippen LogP) is 4.93. The number of pyridine rings is 1. The molecule has 5 rings (SSSR count). The molecular weight excluding hydrogens is 471 g/mol. The summed E-state index contributed by atoms with van der Waals surface area (Å²) in [6.45, 7) is 0.985. The maximum atomic E-state index is 14.6. The third-order valence-corrected chi connectivity index (χ3v) is 6.42. The third kappa shape index (κ3) is 4.64. The van der Waals surface area contributed by atoms with Crippen LogP contribution in [0.3, 0.4) is 0 Å². The number of nitrogens with zero attached hydrogens (tertiary/aromatic N) is 4. The van der Waals surface area contributed by atoms with Gasteiger partial charge >= 0.3 is 0 Å². The highest BCUT2D eigenvalue weighted by molar-refractivity contribution is 6.31. The van der Waals surface area contributed by atoms with Crippen molar-refractivity contribution in [3.8, 4) is 17.1 Å². The van der Waals surface area contributed by atoms with Gasteiger partial charge in [0.2, 0.25) is 0 Å². The zero-order valence-electron chi connectivity index (χ0n) is 19.1. The molecule has 35 heavy (non-hydrogen) atoms. The molecule has 0 bridgehead atoms. The summed E-state index contributed by atoms with van der Waals surface area (Å²) in [5.41, 5.74) is 1.83. The van der Waals surface area contributed by atoms with E-state index in [1.165, 1.54) is 0 Å². The van der Waals surface area contributed by atoms with Crippen LogP contribution in [0.1, 0.15) is 29.6 Å². The molecule has 1 saturated heterocycles. The van der Waals surface area contributed by atoms with Gasteiger partial charge in [-0.15, -0.1) is 0 Å². The number of ether oxygens (including phenoxy) is 1. The molecule has 0 saturated carbocycles. The number of piperidine rings is 1. The number of fused-ring (bicyclic) bond motifs is 1. The summed E-state index contributed by atoms with van der Waals surface area (Å²) in [4.78, 5) is 31.1. The van der Waals surface area contributed by atoms with Gasteiger partial charge in [-0.3, -0.25) is 4.79 Å². The number of halogens is 2. The van der Waals surface area contributed by atoms with Gasteiger partial charge in [-0.05, 0) is 37.5 Å². The van der Waals surface area contributed by atoms with Gasteiger partial charge in [0.1, 0.15) is 11.4 Å². The first-order valence-electron chi connectivity index (χ1n) is 11.4. The predicted molar refractivity (Wildman–Crippen MR) is 132 cm³/mol. The first-order chi connectivity index (χ1) is 17.0. The molecule has 0 spiro atoms. The number of aromatic nitrogens is 4. The van der Waals surface area contributed by atoms with E-state index in [1.54, 1.807) is 37.7 Å². The summed E-state index contributed by atoms with van der Waals surface area (Å²) < 4.78 is 20.0. The molecule has 0 unspecified atom stereocenters. The van der Waals surface area contributed by atoms with E-state index >= 15 is 0 Å². The van der Waals surface area contributed by atoms with Gasteiger partial charge in [-0.1, -0.05) is 23.7 Å². The Hall–Kier alpha value is -3.72. The summed E-state index contributed by atoms with van der Waals surface area (Å²) in [6.07, 6.45) is 7.12. The van der Waals surface area contributed by atoms with Gasteiger partial charge in [-0.25, -0.2) is 19.3 Å². The third-order valence-electron chi connectivity index (χ3n) is 6.21. The SMILES string of the molecule is COc1ccccc1C(=O)N1CCCC[C@@H]1CNc1nc(-c2c[nH]c3ncc(Cl)cc23)ncc1F. The van der Waals surface area contributed by atoms with Crippen LogP contribution in [0.25, 0.3) is 22.4 Å². The van der Waals surface area contributed by atoms with Gasteiger partial charge in [0.25, 0.3) is 5.91 Å². The van der Waals surface area contributed by atoms with Crippen LogP contribution in [0.5, 0.6) is 5.75 Å². The van der Waals surface area contributed by atoms with Gasteiger partial charge < -0.3 is 19.9 Å². The van der Waals surface area contributed by atoms with Crippen molar-refractivity contribution in [2.24, 2.45) is 0 Å². The van der Waals surface area contributed by atoms with E-state index in [9.17, 15) is 9.18 Å². The lowest BCUT2D eigenvalue weighted by Crippen LogP contribution is -2.47. The number of nitrogens with one attached hydrogen (secondary N) is 2. The Kier molecular flexibility index (Phi) is 6.50. The maximum absolute atomic E-state index is 14.6. The van der Waals surface area contributed by atoms with Crippen LogP contribution in [-0.2, 0) is 0 Å². The largest absolute Gasteiger partial charge is 0.496 e. The van der Waals surface area contributed by atoms with E-state index < -0.39 is 5.82 Å². The fourth-order valence-corrected chi connectivity index (χ4v) is 4.61. The molecule has 8 nitrogen and oxygen atoms in total. The Balaban J connectivity index is 1.37. The van der Waals surface area contributed by atoms with Gasteiger partial charge in [0.05, 0.1) is 23.9 Å². The average Bonchev–Trinajstić information content (AvgIpc) is 3.31. The molecular formula is C25H24ClFN6O2. The molecule has 0 radical (unpaired) electrons. The Morgan fingerprint density at radius 2 is 2.14 bits per heavy atom. The van der Waals surface area contributed by atoms with Crippen molar-refractivity contribution in [2.45, 2.75) is 25.3 Å². The quantitative estimate of drug-likeness (QED) is 0.394. The van der Waals surface area contributed by atoms with Crippen LogP contribution in [0, 0.1) is 5.82 Å². The molecule has 1 fully saturated rings. The summed E-state index contributed by atoms with van der Waals surface area (Å²) in [5.74, 6) is 0.295. The van der Waals surface area contributed by atoms with E-state index in [-0.39, 0.29) is 17.8 Å². The van der Waals surface area contributed by atoms with Crippen molar-refractivity contribution in [1.82, 2.24) is 24.8 Å². The minimum atomic E-state index is -0.567. The second kappa shape index (κ2) is 9.87. The van der Waals surface area contributed by atoms with Crippen molar-refractivity contribution in [3.05, 3.63) is 65.3 Å². The van der Waals surface area contributed by atoms with Crippen molar-refractivity contribution in [2.75, 3.05) is 25.5 Å². The lowest BCUT2D eigenvalue weighted by molar-refractivity contribution is 0.0625. The second-order valence-electron chi connectivity index (χ2n) is 8.37. The minimum Gasteiger partial charge on any atom is -0.496 e. The fraction of sp³-hybridized carbons (Fsp3) is 0.280. The zero-order chi connectivity index (χ0) is 24.4. The smallest absolute Gasteiger partial charge is 0.257 e. The molecule has 180 valence electrons. The summed E-state index contributed by atoms with van der Waals surface area (Å²) in [6, 6.07) is 8.83. The van der Waals surface area contributed by atoms with E-state index in [0.29, 0.717) is 46.5 Å². The van der Waals surface area contributed by atoms with E-state index in [1.807, 2.05) is 17.0 Å². The first-order valence-corrected chi connectivity index (χ1v) is 11.8. The van der Waals surface area contributed by atoms with Gasteiger partial charge in [-0.2, -0.15) is 0 Å². The number of para-hydroxylation sites is 1. The lowest BCUT2D eigenvalue weighted by Gasteiger charge is -2.36. The molecule has 1 aliphatic rings. The number of benzene rings is 1. The number of H-pyrrole nitrogens is 1. The molecule has 3 aromatic heterocycles. The molecule has 10 heteroatoms. The lowest BCUT2D eigenvalue weighted by atomic mass is 10.0. The van der Waals surface area contributed by atoms with Gasteiger partial charge in [0, 0.05) is 42.5 Å². The number of likely N-dealkylation sites (tertiary alicyclic amines) is 1. The highest BCUT2D eigenvalue weighted by Gasteiger charge is 2.29. The monoisotopic (exact) mass is 494 g/mol. The Labute approximate surface area is 206 Å². The van der Waals surface area contributed by atoms with Crippen LogP contribution in [0.4, 0.5) is 10.2 Å². The fourth-order valence-electron chi connectivity index (χ4n) is 4.45. The number of aromatic amines is 1. The van der Waals surface area contributed by atoms with Crippen LogP contribution >= 0.6 is 11.6 Å². The number of carbonyl (C=O) groups is 1. The number of hydrogen-bond donors (Lipinski definition) is 2. The highest BCUT2D eigenvalue weighted by Crippen LogP contribution is 2.29. The number of amides is 1. The van der Waals surface area contributed by atoms with Crippen LogP contribution in [0.2, 0.25) is 5.02 Å². The van der Waals surface area contributed by atoms with E-state index in [2.05, 4.69) is 25.3 Å². The van der Waals surface area contributed by atoms with Gasteiger partial charge in [0.15, 0.2) is 17.5 Å². The number of methoxy groups -OCH3 is 1. The summed E-state index contributed by atoms with van der Waals surface area (Å²) in [7, 11) is 1.55. The summed E-state index contributed by atoms with van der Waals surface area (Å²) >= 11 is 6.10. The average molecular weight is 495 g/mol. The van der Waals surface area contributed by atoms with Crippen LogP contribution < -0.4 is 10.1 Å². The molecule has 1 aromatic carbocycles. The number of hydrogen-bond acceptors (Lipinski definition) is 6. The van der Waals surface area contributed by atoms with E-state index in [4.69, 9.17) is 16.3 Å². The molecule has 1 atom stereocenters. The van der Waals surface area contributed by atoms with Crippen molar-refractivity contribution in [1.29, 1.82) is 0 Å². The Morgan fingerprint density at radius 1 is 1.29 bits per heavy atom. The molecule has 4 heterocycles. The topological polar surface area (TPSA) is 96.0 Å². The maximum Gasteiger partial charge on any atom is 0.257 e. The molecule has 1 amide bonds. The Morgan fingerprint density at radius 3 is 3.00 bits per heavy atom. The standard InChI is InChI=1S/C25H24ClFN6O2/c1-35-21-8-3-2-7-17(21)25(34)33-9-5-4-6-16(33)12-29-24-20(27)14-31-23(32-24)19-13-30-22-18(19)10-15(26)11-28-22/h2-3,7-8,10-11,13-14,16H,4-6,9,12H2,1H3,(H,28,30)(H,29,31,32)/t16-/m1/s1. The number of anilines is 1. The normalized spacial score (nSPS) is 15.9. The molecule has 0 aliphatic carbocycles. The van der Waals surface area contributed by atoms with Crippen LogP contribution in [0.15, 0.2) is 48.9 Å². The van der Waals surface area contributed by atoms with Crippen molar-refractivity contribution in [3.63, 3.8) is 0 Å². The van der Waals surface area contributed by atoms with E-state index in [0.717, 1.165) is 30.8 Å². The van der Waals surface area contributed by atoms with Crippen LogP contribution in [-0.4, -0.2) is 57.0 Å². The van der Waals surface area contributed by atoms with Crippen molar-refractivity contribution < 1.29 is 13.9 Å². The number of rotatable bonds is 6. The second-order valence-corrected chi connectivity index (χ2v) is 8.81. The minimum absolute atomic E-state index is 0.0783. The number of carbonyl (C=O) groups excluding carboxylic acids is 1. The Bertz CT molecular complexity index is 1380. The molecule has 2 N–H and O–H groups in total. The summed E-state index contributed by atoms with van der Waals surface area (Å²) in [5, 5.41) is 4.33. The van der Waals surface area contributed by atoms with Crippen molar-refractivity contribution >= 4 is 34.4 Å². The zero-order valence-corrected chi connectivity index (χ0v) is 19.8. The molecule has 1 aliphatic heterocycles. The highest BCUT2D eigenvalue weighted by atomic mass is 35.5. The molecule has 4 aromatic rings.